The lowest BCUT2D eigenvalue weighted by molar-refractivity contribution is 0.133. The molecule has 0 aromatic carbocycles. The van der Waals surface area contributed by atoms with Gasteiger partial charge in [0.1, 0.15) is 5.82 Å². The van der Waals surface area contributed by atoms with Gasteiger partial charge in [-0.15, -0.1) is 0 Å². The molecule has 1 unspecified atom stereocenters. The number of hydrogen-bond acceptors (Lipinski definition) is 6. The molecule has 7 heteroatoms. The maximum absolute atomic E-state index is 9.75. The first kappa shape index (κ1) is 12.6. The molecule has 0 aliphatic heterocycles. The zero-order valence-corrected chi connectivity index (χ0v) is 10.9. The minimum atomic E-state index is -0.521. The number of aromatic nitrogens is 4. The molecular weight excluding hydrogens is 232 g/mol. The van der Waals surface area contributed by atoms with Crippen molar-refractivity contribution in [1.29, 1.82) is 0 Å². The predicted octanol–water partition coefficient (Wildman–Crippen LogP) is 0.966. The average Bonchev–Trinajstić information content (AvgIpc) is 2.76. The van der Waals surface area contributed by atoms with Crippen LogP contribution in [-0.2, 0) is 0 Å². The van der Waals surface area contributed by atoms with Crippen LogP contribution >= 0.6 is 0 Å². The summed E-state index contributed by atoms with van der Waals surface area (Å²) >= 11 is 0. The number of H-pyrrole nitrogens is 1. The SMILES string of the molecule is CNc1nc(NC(C)(C)C(C)O)c2cn[nH]c2n1. The number of nitrogens with one attached hydrogen (secondary N) is 3. The highest BCUT2D eigenvalue weighted by atomic mass is 16.3. The number of hydrogen-bond donors (Lipinski definition) is 4. The van der Waals surface area contributed by atoms with E-state index in [0.717, 1.165) is 5.39 Å². The van der Waals surface area contributed by atoms with E-state index in [0.29, 0.717) is 17.4 Å². The molecule has 2 heterocycles. The maximum atomic E-state index is 9.75. The summed E-state index contributed by atoms with van der Waals surface area (Å²) in [5, 5.41) is 23.4. The molecule has 0 spiro atoms. The van der Waals surface area contributed by atoms with E-state index in [4.69, 9.17) is 0 Å². The van der Waals surface area contributed by atoms with Crippen molar-refractivity contribution < 1.29 is 5.11 Å². The van der Waals surface area contributed by atoms with Gasteiger partial charge >= 0.3 is 0 Å². The van der Waals surface area contributed by atoms with Gasteiger partial charge < -0.3 is 15.7 Å². The highest BCUT2D eigenvalue weighted by Gasteiger charge is 2.25. The molecule has 2 rings (SSSR count). The summed E-state index contributed by atoms with van der Waals surface area (Å²) in [6.07, 6.45) is 1.14. The summed E-state index contributed by atoms with van der Waals surface area (Å²) in [6.45, 7) is 5.55. The Morgan fingerprint density at radius 3 is 2.72 bits per heavy atom. The second kappa shape index (κ2) is 4.41. The molecule has 0 aliphatic rings. The van der Waals surface area contributed by atoms with Crippen LogP contribution in [0.5, 0.6) is 0 Å². The van der Waals surface area contributed by atoms with Crippen LogP contribution in [0, 0.1) is 0 Å². The molecule has 0 amide bonds. The fourth-order valence-corrected chi connectivity index (χ4v) is 1.45. The molecule has 2 aromatic rings. The van der Waals surface area contributed by atoms with Crippen LogP contribution < -0.4 is 10.6 Å². The van der Waals surface area contributed by atoms with E-state index in [9.17, 15) is 5.11 Å². The summed E-state index contributed by atoms with van der Waals surface area (Å²) in [5.41, 5.74) is 0.155. The number of rotatable bonds is 4. The Labute approximate surface area is 105 Å². The lowest BCUT2D eigenvalue weighted by Crippen LogP contribution is -2.42. The van der Waals surface area contributed by atoms with Crippen LogP contribution in [0.1, 0.15) is 20.8 Å². The molecule has 0 bridgehead atoms. The van der Waals surface area contributed by atoms with Crippen molar-refractivity contribution in [2.45, 2.75) is 32.4 Å². The molecule has 0 aliphatic carbocycles. The van der Waals surface area contributed by atoms with Gasteiger partial charge in [0.15, 0.2) is 5.65 Å². The Bertz CT molecular complexity index is 547. The summed E-state index contributed by atoms with van der Waals surface area (Å²) in [7, 11) is 1.75. The van der Waals surface area contributed by atoms with Gasteiger partial charge in [0.05, 0.1) is 23.2 Å². The highest BCUT2D eigenvalue weighted by molar-refractivity contribution is 5.87. The van der Waals surface area contributed by atoms with E-state index >= 15 is 0 Å². The van der Waals surface area contributed by atoms with Gasteiger partial charge in [0.2, 0.25) is 5.95 Å². The Hall–Kier alpha value is -1.89. The quantitative estimate of drug-likeness (QED) is 0.645. The molecule has 0 radical (unpaired) electrons. The second-order valence-electron chi connectivity index (χ2n) is 4.80. The first-order valence-electron chi connectivity index (χ1n) is 5.79. The molecule has 18 heavy (non-hydrogen) atoms. The van der Waals surface area contributed by atoms with Crippen LogP contribution in [0.2, 0.25) is 0 Å². The largest absolute Gasteiger partial charge is 0.391 e. The maximum Gasteiger partial charge on any atom is 0.226 e. The topological polar surface area (TPSA) is 98.8 Å². The summed E-state index contributed by atoms with van der Waals surface area (Å²) in [5.74, 6) is 1.14. The van der Waals surface area contributed by atoms with Crippen molar-refractivity contribution in [3.05, 3.63) is 6.20 Å². The third-order valence-electron chi connectivity index (χ3n) is 3.02. The van der Waals surface area contributed by atoms with Gasteiger partial charge in [-0.2, -0.15) is 15.1 Å². The Morgan fingerprint density at radius 2 is 2.11 bits per heavy atom. The van der Waals surface area contributed by atoms with Crippen LogP contribution in [-0.4, -0.2) is 44.0 Å². The number of aliphatic hydroxyl groups excluding tert-OH is 1. The molecule has 0 saturated heterocycles. The fraction of sp³-hybridized carbons (Fsp3) is 0.545. The van der Waals surface area contributed by atoms with Crippen molar-refractivity contribution >= 4 is 22.8 Å². The molecule has 7 nitrogen and oxygen atoms in total. The van der Waals surface area contributed by atoms with Crippen LogP contribution in [0.3, 0.4) is 0 Å². The molecule has 0 fully saturated rings. The zero-order valence-electron chi connectivity index (χ0n) is 10.9. The molecule has 2 aromatic heterocycles. The smallest absolute Gasteiger partial charge is 0.226 e. The normalized spacial score (nSPS) is 13.6. The van der Waals surface area contributed by atoms with Crippen molar-refractivity contribution in [2.75, 3.05) is 17.7 Å². The molecule has 0 saturated carbocycles. The molecule has 1 atom stereocenters. The fourth-order valence-electron chi connectivity index (χ4n) is 1.45. The van der Waals surface area contributed by atoms with Crippen LogP contribution in [0.4, 0.5) is 11.8 Å². The first-order chi connectivity index (χ1) is 8.44. The lowest BCUT2D eigenvalue weighted by atomic mass is 9.99. The number of aliphatic hydroxyl groups is 1. The van der Waals surface area contributed by atoms with E-state index in [1.165, 1.54) is 0 Å². The van der Waals surface area contributed by atoms with Crippen molar-refractivity contribution in [3.8, 4) is 0 Å². The van der Waals surface area contributed by atoms with Gasteiger partial charge in [-0.1, -0.05) is 0 Å². The van der Waals surface area contributed by atoms with Gasteiger partial charge in [-0.05, 0) is 20.8 Å². The van der Waals surface area contributed by atoms with Crippen LogP contribution in [0.25, 0.3) is 11.0 Å². The number of anilines is 2. The standard InChI is InChI=1S/C11H18N6O/c1-6(18)11(2,3)16-8-7-5-13-17-9(7)15-10(12-4)14-8/h5-6,18H,1-4H3,(H3,12,13,14,15,16,17). The van der Waals surface area contributed by atoms with E-state index in [2.05, 4.69) is 30.8 Å². The van der Waals surface area contributed by atoms with E-state index in [-0.39, 0.29) is 0 Å². The third-order valence-corrected chi connectivity index (χ3v) is 3.02. The molecular formula is C11H18N6O. The Kier molecular flexibility index (Phi) is 3.08. The van der Waals surface area contributed by atoms with Gasteiger partial charge in [0, 0.05) is 7.05 Å². The summed E-state index contributed by atoms with van der Waals surface area (Å²) < 4.78 is 0. The zero-order chi connectivity index (χ0) is 13.3. The van der Waals surface area contributed by atoms with Crippen molar-refractivity contribution in [3.63, 3.8) is 0 Å². The van der Waals surface area contributed by atoms with Gasteiger partial charge in [-0.3, -0.25) is 5.10 Å². The van der Waals surface area contributed by atoms with E-state index in [1.54, 1.807) is 20.2 Å². The number of nitrogens with zero attached hydrogens (tertiary/aromatic N) is 3. The second-order valence-corrected chi connectivity index (χ2v) is 4.80. The third kappa shape index (κ3) is 2.21. The van der Waals surface area contributed by atoms with E-state index in [1.807, 2.05) is 13.8 Å². The van der Waals surface area contributed by atoms with Crippen molar-refractivity contribution in [2.24, 2.45) is 0 Å². The Balaban J connectivity index is 2.46. The highest BCUT2D eigenvalue weighted by Crippen LogP contribution is 2.24. The number of aromatic amines is 1. The minimum absolute atomic E-state index is 0.496. The number of fused-ring (bicyclic) bond motifs is 1. The van der Waals surface area contributed by atoms with Crippen molar-refractivity contribution in [1.82, 2.24) is 20.2 Å². The first-order valence-corrected chi connectivity index (χ1v) is 5.79. The van der Waals surface area contributed by atoms with Crippen LogP contribution in [0.15, 0.2) is 6.20 Å². The summed E-state index contributed by atoms with van der Waals surface area (Å²) in [4.78, 5) is 8.60. The molecule has 4 N–H and O–H groups in total. The van der Waals surface area contributed by atoms with Gasteiger partial charge in [-0.25, -0.2) is 0 Å². The average molecular weight is 250 g/mol. The minimum Gasteiger partial charge on any atom is -0.391 e. The lowest BCUT2D eigenvalue weighted by Gasteiger charge is -2.30. The molecule has 98 valence electrons. The predicted molar refractivity (Wildman–Crippen MR) is 70.6 cm³/mol. The Morgan fingerprint density at radius 1 is 1.39 bits per heavy atom. The van der Waals surface area contributed by atoms with Gasteiger partial charge in [0.25, 0.3) is 0 Å². The summed E-state index contributed by atoms with van der Waals surface area (Å²) in [6, 6.07) is 0. The monoisotopic (exact) mass is 250 g/mol. The van der Waals surface area contributed by atoms with E-state index < -0.39 is 11.6 Å².